The molecule has 1 aliphatic rings. The molecule has 1 heterocycles. The summed E-state index contributed by atoms with van der Waals surface area (Å²) in [6, 6.07) is 19.2. The van der Waals surface area contributed by atoms with Crippen molar-refractivity contribution in [3.63, 3.8) is 0 Å². The largest absolute Gasteiger partial charge is 0.325 e. The van der Waals surface area contributed by atoms with E-state index in [1.807, 2.05) is 31.2 Å². The van der Waals surface area contributed by atoms with Crippen LogP contribution in [0.1, 0.15) is 44.3 Å². The lowest BCUT2D eigenvalue weighted by Crippen LogP contribution is -2.24. The number of benzene rings is 3. The lowest BCUT2D eigenvalue weighted by atomic mass is 9.84. The maximum Gasteiger partial charge on any atom is 0.237 e. The Bertz CT molecular complexity index is 1460. The average Bonchev–Trinajstić information content (AvgIpc) is 3.30. The molecular formula is C25H19N5O3S. The summed E-state index contributed by atoms with van der Waals surface area (Å²) in [5.41, 5.74) is 3.70. The minimum absolute atomic E-state index is 0.199. The van der Waals surface area contributed by atoms with Gasteiger partial charge in [0.15, 0.2) is 11.6 Å². The summed E-state index contributed by atoms with van der Waals surface area (Å²) in [7, 11) is 0. The second kappa shape index (κ2) is 8.68. The summed E-state index contributed by atoms with van der Waals surface area (Å²) in [6.07, 6.45) is 0. The summed E-state index contributed by atoms with van der Waals surface area (Å²) in [5.74, 6) is -0.713. The number of nitrogens with zero attached hydrogens (tertiary/aromatic N) is 4. The SMILES string of the molecule is Cc1cccc(-n2nnnc2SC(C)C(=O)Nc2ccc3c(c2)C(=O)c2ccccc2C3=O)c1. The summed E-state index contributed by atoms with van der Waals surface area (Å²) < 4.78 is 1.59. The number of thioether (sulfide) groups is 1. The first-order valence-corrected chi connectivity index (χ1v) is 11.5. The third-order valence-electron chi connectivity index (χ3n) is 5.53. The number of tetrazole rings is 1. The molecule has 1 amide bonds. The molecule has 1 aromatic heterocycles. The van der Waals surface area contributed by atoms with Crippen molar-refractivity contribution >= 4 is 34.9 Å². The van der Waals surface area contributed by atoms with Crippen LogP contribution in [0.3, 0.4) is 0 Å². The van der Waals surface area contributed by atoms with Gasteiger partial charge < -0.3 is 5.32 Å². The molecule has 4 aromatic rings. The molecule has 1 atom stereocenters. The van der Waals surface area contributed by atoms with Gasteiger partial charge in [0.25, 0.3) is 0 Å². The standard InChI is InChI=1S/C25H19N5O3S/c1-14-6-5-7-17(12-14)30-25(27-28-29-30)34-15(2)24(33)26-16-10-11-20-21(13-16)23(32)19-9-4-3-8-18(19)22(20)31/h3-13,15H,1-2H3,(H,26,33). The summed E-state index contributed by atoms with van der Waals surface area (Å²) >= 11 is 1.22. The van der Waals surface area contributed by atoms with E-state index in [1.54, 1.807) is 54.1 Å². The van der Waals surface area contributed by atoms with Crippen molar-refractivity contribution in [3.05, 3.63) is 94.5 Å². The number of anilines is 1. The van der Waals surface area contributed by atoms with E-state index in [0.29, 0.717) is 27.5 Å². The molecule has 0 saturated carbocycles. The third-order valence-corrected chi connectivity index (χ3v) is 6.56. The van der Waals surface area contributed by atoms with Gasteiger partial charge >= 0.3 is 0 Å². The Labute approximate surface area is 199 Å². The lowest BCUT2D eigenvalue weighted by Gasteiger charge is -2.18. The maximum absolute atomic E-state index is 12.9. The van der Waals surface area contributed by atoms with Crippen LogP contribution in [0.15, 0.2) is 71.9 Å². The zero-order valence-corrected chi connectivity index (χ0v) is 19.2. The topological polar surface area (TPSA) is 107 Å². The minimum atomic E-state index is -0.524. The van der Waals surface area contributed by atoms with Crippen LogP contribution < -0.4 is 5.32 Å². The highest BCUT2D eigenvalue weighted by Gasteiger charge is 2.29. The van der Waals surface area contributed by atoms with Gasteiger partial charge in [-0.25, -0.2) is 0 Å². The maximum atomic E-state index is 12.9. The predicted octanol–water partition coefficient (Wildman–Crippen LogP) is 3.87. The van der Waals surface area contributed by atoms with E-state index in [1.165, 1.54) is 11.8 Å². The first-order valence-electron chi connectivity index (χ1n) is 10.6. The zero-order chi connectivity index (χ0) is 23.8. The van der Waals surface area contributed by atoms with Gasteiger partial charge in [-0.15, -0.1) is 5.10 Å². The fourth-order valence-electron chi connectivity index (χ4n) is 3.81. The van der Waals surface area contributed by atoms with Crippen LogP contribution in [-0.4, -0.2) is 42.9 Å². The molecule has 0 bridgehead atoms. The number of aryl methyl sites for hydroxylation is 1. The monoisotopic (exact) mass is 469 g/mol. The highest BCUT2D eigenvalue weighted by atomic mass is 32.2. The van der Waals surface area contributed by atoms with Crippen LogP contribution in [0.25, 0.3) is 5.69 Å². The van der Waals surface area contributed by atoms with Crippen LogP contribution in [0.5, 0.6) is 0 Å². The fraction of sp³-hybridized carbons (Fsp3) is 0.120. The van der Waals surface area contributed by atoms with E-state index in [0.717, 1.165) is 11.3 Å². The molecule has 3 aromatic carbocycles. The average molecular weight is 470 g/mol. The van der Waals surface area contributed by atoms with Gasteiger partial charge in [-0.05, 0) is 60.2 Å². The van der Waals surface area contributed by atoms with Crippen LogP contribution in [0, 0.1) is 6.92 Å². The van der Waals surface area contributed by atoms with E-state index in [2.05, 4.69) is 20.8 Å². The van der Waals surface area contributed by atoms with Crippen LogP contribution in [0.4, 0.5) is 5.69 Å². The Hall–Kier alpha value is -4.11. The third kappa shape index (κ3) is 3.90. The van der Waals surface area contributed by atoms with Crippen LogP contribution >= 0.6 is 11.8 Å². The molecule has 0 fully saturated rings. The molecule has 0 spiro atoms. The predicted molar refractivity (Wildman–Crippen MR) is 128 cm³/mol. The highest BCUT2D eigenvalue weighted by molar-refractivity contribution is 8.00. The van der Waals surface area contributed by atoms with E-state index < -0.39 is 5.25 Å². The number of hydrogen-bond acceptors (Lipinski definition) is 7. The van der Waals surface area contributed by atoms with Gasteiger partial charge in [-0.2, -0.15) is 4.68 Å². The van der Waals surface area contributed by atoms with Crippen molar-refractivity contribution in [2.75, 3.05) is 5.32 Å². The Morgan fingerprint density at radius 1 is 0.912 bits per heavy atom. The molecule has 0 radical (unpaired) electrons. The molecule has 168 valence electrons. The number of carbonyl (C=O) groups is 3. The smallest absolute Gasteiger partial charge is 0.237 e. The molecule has 5 rings (SSSR count). The quantitative estimate of drug-likeness (QED) is 0.390. The van der Waals surface area contributed by atoms with Gasteiger partial charge in [0.05, 0.1) is 10.9 Å². The van der Waals surface area contributed by atoms with E-state index in [-0.39, 0.29) is 23.0 Å². The van der Waals surface area contributed by atoms with E-state index in [9.17, 15) is 14.4 Å². The number of nitrogens with one attached hydrogen (secondary N) is 1. The number of fused-ring (bicyclic) bond motifs is 2. The minimum Gasteiger partial charge on any atom is -0.325 e. The Morgan fingerprint density at radius 2 is 1.62 bits per heavy atom. The van der Waals surface area contributed by atoms with Gasteiger partial charge in [0.1, 0.15) is 0 Å². The number of aromatic nitrogens is 4. The Balaban J connectivity index is 1.34. The van der Waals surface area contributed by atoms with Gasteiger partial charge in [-0.1, -0.05) is 48.2 Å². The first-order chi connectivity index (χ1) is 16.4. The number of ketones is 2. The molecule has 8 nitrogen and oxygen atoms in total. The molecule has 0 aliphatic heterocycles. The van der Waals surface area contributed by atoms with Gasteiger partial charge in [0, 0.05) is 27.9 Å². The molecule has 1 aliphatic carbocycles. The molecule has 0 saturated heterocycles. The highest BCUT2D eigenvalue weighted by Crippen LogP contribution is 2.30. The first kappa shape index (κ1) is 21.7. The summed E-state index contributed by atoms with van der Waals surface area (Å²) in [5, 5.41) is 14.6. The van der Waals surface area contributed by atoms with Crippen molar-refractivity contribution in [3.8, 4) is 5.69 Å². The number of rotatable bonds is 5. The van der Waals surface area contributed by atoms with Gasteiger partial charge in [0.2, 0.25) is 11.1 Å². The molecule has 1 unspecified atom stereocenters. The van der Waals surface area contributed by atoms with Crippen LogP contribution in [0.2, 0.25) is 0 Å². The normalized spacial score (nSPS) is 13.2. The van der Waals surface area contributed by atoms with Crippen molar-refractivity contribution < 1.29 is 14.4 Å². The van der Waals surface area contributed by atoms with Gasteiger partial charge in [-0.3, -0.25) is 14.4 Å². The Morgan fingerprint density at radius 3 is 2.35 bits per heavy atom. The zero-order valence-electron chi connectivity index (χ0n) is 18.4. The molecule has 9 heteroatoms. The van der Waals surface area contributed by atoms with E-state index >= 15 is 0 Å². The van der Waals surface area contributed by atoms with Crippen LogP contribution in [-0.2, 0) is 4.79 Å². The molecular weight excluding hydrogens is 450 g/mol. The number of amides is 1. The van der Waals surface area contributed by atoms with Crippen molar-refractivity contribution in [1.29, 1.82) is 0 Å². The summed E-state index contributed by atoms with van der Waals surface area (Å²) in [4.78, 5) is 38.6. The molecule has 1 N–H and O–H groups in total. The van der Waals surface area contributed by atoms with Crippen molar-refractivity contribution in [2.45, 2.75) is 24.3 Å². The van der Waals surface area contributed by atoms with Crippen molar-refractivity contribution in [2.24, 2.45) is 0 Å². The number of hydrogen-bond donors (Lipinski definition) is 1. The number of carbonyl (C=O) groups excluding carboxylic acids is 3. The Kier molecular flexibility index (Phi) is 5.54. The molecule has 34 heavy (non-hydrogen) atoms. The van der Waals surface area contributed by atoms with E-state index in [4.69, 9.17) is 0 Å². The second-order valence-corrected chi connectivity index (χ2v) is 9.23. The van der Waals surface area contributed by atoms with Crippen molar-refractivity contribution in [1.82, 2.24) is 20.2 Å². The second-order valence-electron chi connectivity index (χ2n) is 7.93. The fourth-order valence-corrected chi connectivity index (χ4v) is 4.61. The summed E-state index contributed by atoms with van der Waals surface area (Å²) in [6.45, 7) is 3.73. The lowest BCUT2D eigenvalue weighted by molar-refractivity contribution is -0.115.